The average molecular weight is 922 g/mol. The van der Waals surface area contributed by atoms with Gasteiger partial charge >= 0.3 is 11.9 Å². The van der Waals surface area contributed by atoms with Crippen LogP contribution in [-0.4, -0.2) is 143 Å². The Morgan fingerprint density at radius 1 is 0.692 bits per heavy atom. The fourth-order valence-electron chi connectivity index (χ4n) is 8.08. The van der Waals surface area contributed by atoms with Crippen LogP contribution in [0.25, 0.3) is 0 Å². The SMILES string of the molecule is C.CC1OC(O[C@H]2/C=C/C=C/C=C/C=C/C=C/C=C/C=C/[C@H](C)[C@@H](O)[C@@H](C)[C@H](C)OC(=O)C[C@H](O)CCCC[C@@H](O)[C@H](O)C[C@H](O)C[C@]3(O)C[C@H](O)[C@@H](C(=O)O)[C@H](C2)O3)C(O)C(N)C1C. The highest BCUT2D eigenvalue weighted by atomic mass is 16.7. The largest absolute Gasteiger partial charge is 0.481 e. The molecule has 3 aliphatic rings. The molecule has 16 heteroatoms. The molecule has 0 radical (unpaired) electrons. The third-order valence-corrected chi connectivity index (χ3v) is 12.4. The van der Waals surface area contributed by atoms with Crippen LogP contribution in [-0.2, 0) is 28.5 Å². The number of aliphatic hydroxyl groups excluding tert-OH is 7. The molecule has 11 N–H and O–H groups in total. The first-order valence-corrected chi connectivity index (χ1v) is 22.6. The number of fused-ring (bicyclic) bond motifs is 2. The number of carbonyl (C=O) groups is 2. The number of esters is 1. The molecule has 0 aromatic rings. The van der Waals surface area contributed by atoms with Crippen molar-refractivity contribution in [3.63, 3.8) is 0 Å². The number of carbonyl (C=O) groups excluding carboxylic acids is 1. The number of cyclic esters (lactones) is 1. The number of hydrogen-bond donors (Lipinski definition) is 10. The molecular formula is C49H79NO15. The zero-order chi connectivity index (χ0) is 47.6. The standard InChI is InChI=1S/C48H75NO15.CH4/c1-29-20-16-14-12-10-8-6-7-9-11-13-15-17-22-36(63-47-45(57)43(49)30(2)32(4)62-47)26-40-42(46(58)59)39(54)28-48(60,64-40)27-35(51)24-38(53)37(52)23-19-18-21-34(50)25-41(55)61-33(5)31(3)44(29)56;/h6-17,20,22,29-40,42-45,47,50-54,56-57,60H,18-19,21,23-28,49H2,1-5H3,(H,58,59);1H4/b7-6+,10-8+,11-9+,14-12+,15-13+,20-16+,22-17+;/t29-,30?,31-,32?,33-,34+,35-,36-,37+,38+,39-,40-,42+,43?,44+,45?,47?,48+;/m0./s1. The van der Waals surface area contributed by atoms with Gasteiger partial charge in [0.1, 0.15) is 18.1 Å². The number of hydrogen-bond acceptors (Lipinski definition) is 15. The van der Waals surface area contributed by atoms with E-state index in [2.05, 4.69) is 0 Å². The number of rotatable bonds is 3. The zero-order valence-corrected chi connectivity index (χ0v) is 37.8. The van der Waals surface area contributed by atoms with Gasteiger partial charge in [-0.3, -0.25) is 9.59 Å². The molecule has 5 unspecified atom stereocenters. The number of carboxylic acid groups (broad SMARTS) is 1. The predicted octanol–water partition coefficient (Wildman–Crippen LogP) is 3.65. The van der Waals surface area contributed by atoms with E-state index in [1.807, 2.05) is 62.5 Å². The van der Waals surface area contributed by atoms with E-state index in [4.69, 9.17) is 24.7 Å². The molecule has 3 rings (SSSR count). The van der Waals surface area contributed by atoms with Gasteiger partial charge in [-0.2, -0.15) is 0 Å². The van der Waals surface area contributed by atoms with Crippen molar-refractivity contribution in [3.05, 3.63) is 85.1 Å². The Balaban J connectivity index is 0.0000145. The molecule has 0 aromatic carbocycles. The molecule has 0 aromatic heterocycles. The summed E-state index contributed by atoms with van der Waals surface area (Å²) in [6.45, 7) is 8.97. The normalized spacial score (nSPS) is 44.2. The molecule has 0 amide bonds. The van der Waals surface area contributed by atoms with Crippen LogP contribution in [0.1, 0.15) is 99.8 Å². The van der Waals surface area contributed by atoms with Crippen LogP contribution in [0.15, 0.2) is 85.1 Å². The van der Waals surface area contributed by atoms with Crippen LogP contribution in [0, 0.1) is 23.7 Å². The summed E-state index contributed by atoms with van der Waals surface area (Å²) in [5.74, 6) is -6.60. The lowest BCUT2D eigenvalue weighted by atomic mass is 9.82. The summed E-state index contributed by atoms with van der Waals surface area (Å²) in [7, 11) is 0. The summed E-state index contributed by atoms with van der Waals surface area (Å²) < 4.78 is 23.6. The second-order valence-corrected chi connectivity index (χ2v) is 17.8. The molecule has 370 valence electrons. The highest BCUT2D eigenvalue weighted by Crippen LogP contribution is 2.38. The molecular weight excluding hydrogens is 843 g/mol. The Bertz CT molecular complexity index is 1630. The van der Waals surface area contributed by atoms with Gasteiger partial charge in [0.05, 0.1) is 61.4 Å². The average Bonchev–Trinajstić information content (AvgIpc) is 3.21. The number of ether oxygens (including phenoxy) is 4. The smallest absolute Gasteiger partial charge is 0.311 e. The molecule has 16 nitrogen and oxygen atoms in total. The summed E-state index contributed by atoms with van der Waals surface area (Å²) in [5.41, 5.74) is 6.27. The topological polar surface area (TPSA) is 279 Å². The van der Waals surface area contributed by atoms with E-state index in [9.17, 15) is 55.5 Å². The van der Waals surface area contributed by atoms with Crippen molar-refractivity contribution >= 4 is 11.9 Å². The van der Waals surface area contributed by atoms with E-state index >= 15 is 0 Å². The van der Waals surface area contributed by atoms with E-state index in [0.717, 1.165) is 0 Å². The quantitative estimate of drug-likeness (QED) is 0.181. The minimum absolute atomic E-state index is 0. The third-order valence-electron chi connectivity index (χ3n) is 12.4. The summed E-state index contributed by atoms with van der Waals surface area (Å²) in [5, 5.41) is 97.5. The minimum atomic E-state index is -2.25. The second-order valence-electron chi connectivity index (χ2n) is 17.8. The van der Waals surface area contributed by atoms with Crippen LogP contribution < -0.4 is 5.73 Å². The van der Waals surface area contributed by atoms with Crippen molar-refractivity contribution < 1.29 is 74.5 Å². The Hall–Kier alpha value is -3.36. The van der Waals surface area contributed by atoms with Gasteiger partial charge in [0.15, 0.2) is 12.1 Å². The van der Waals surface area contributed by atoms with E-state index in [-0.39, 0.29) is 51.0 Å². The first-order valence-electron chi connectivity index (χ1n) is 22.6. The number of carboxylic acids is 1. The van der Waals surface area contributed by atoms with Crippen LogP contribution in [0.3, 0.4) is 0 Å². The molecule has 3 heterocycles. The van der Waals surface area contributed by atoms with Crippen LogP contribution >= 0.6 is 0 Å². The van der Waals surface area contributed by atoms with E-state index in [1.165, 1.54) is 0 Å². The summed E-state index contributed by atoms with van der Waals surface area (Å²) in [6, 6.07) is -0.690. The van der Waals surface area contributed by atoms with Crippen molar-refractivity contribution in [3.8, 4) is 0 Å². The van der Waals surface area contributed by atoms with Crippen LogP contribution in [0.2, 0.25) is 0 Å². The zero-order valence-electron chi connectivity index (χ0n) is 37.8. The van der Waals surface area contributed by atoms with Crippen molar-refractivity contribution in [1.82, 2.24) is 0 Å². The van der Waals surface area contributed by atoms with Crippen molar-refractivity contribution in [1.29, 1.82) is 0 Å². The molecule has 2 fully saturated rings. The van der Waals surface area contributed by atoms with Gasteiger partial charge in [-0.25, -0.2) is 0 Å². The number of nitrogens with two attached hydrogens (primary N) is 1. The Morgan fingerprint density at radius 3 is 1.83 bits per heavy atom. The van der Waals surface area contributed by atoms with Crippen molar-refractivity contribution in [2.24, 2.45) is 29.4 Å². The molecule has 0 aliphatic carbocycles. The lowest BCUT2D eigenvalue weighted by Crippen LogP contribution is -2.58. The fraction of sp³-hybridized carbons (Fsp3) is 0.673. The lowest BCUT2D eigenvalue weighted by Gasteiger charge is -2.45. The first-order chi connectivity index (χ1) is 30.2. The third kappa shape index (κ3) is 19.4. The number of aliphatic carboxylic acids is 1. The van der Waals surface area contributed by atoms with Gasteiger partial charge in [0, 0.05) is 43.6 Å². The number of aliphatic hydroxyl groups is 8. The second kappa shape index (κ2) is 28.7. The van der Waals surface area contributed by atoms with Gasteiger partial charge < -0.3 is 70.6 Å². The van der Waals surface area contributed by atoms with Crippen LogP contribution in [0.4, 0.5) is 0 Å². The minimum Gasteiger partial charge on any atom is -0.481 e. The molecule has 2 bridgehead atoms. The maximum atomic E-state index is 12.6. The summed E-state index contributed by atoms with van der Waals surface area (Å²) >= 11 is 0. The van der Waals surface area contributed by atoms with Crippen LogP contribution in [0.5, 0.6) is 0 Å². The Kier molecular flexibility index (Phi) is 25.5. The highest BCUT2D eigenvalue weighted by molar-refractivity contribution is 5.71. The summed E-state index contributed by atoms with van der Waals surface area (Å²) in [6.07, 6.45) is 10.5. The molecule has 3 aliphatic heterocycles. The Morgan fingerprint density at radius 2 is 1.25 bits per heavy atom. The molecule has 2 saturated heterocycles. The lowest BCUT2D eigenvalue weighted by molar-refractivity contribution is -0.307. The molecule has 18 atom stereocenters. The fourth-order valence-corrected chi connectivity index (χ4v) is 8.08. The monoisotopic (exact) mass is 922 g/mol. The maximum absolute atomic E-state index is 12.6. The first kappa shape index (κ1) is 57.8. The van der Waals surface area contributed by atoms with Gasteiger partial charge in [-0.05, 0) is 32.6 Å². The summed E-state index contributed by atoms with van der Waals surface area (Å²) in [4.78, 5) is 25.1. The molecule has 0 saturated carbocycles. The molecule has 65 heavy (non-hydrogen) atoms. The Labute approximate surface area is 385 Å². The van der Waals surface area contributed by atoms with E-state index < -0.39 is 122 Å². The highest BCUT2D eigenvalue weighted by Gasteiger charge is 2.51. The van der Waals surface area contributed by atoms with Gasteiger partial charge in [-0.1, -0.05) is 126 Å². The van der Waals surface area contributed by atoms with E-state index in [1.54, 1.807) is 57.2 Å². The van der Waals surface area contributed by atoms with Gasteiger partial charge in [0.25, 0.3) is 0 Å². The number of allylic oxidation sites excluding steroid dienone is 12. The van der Waals surface area contributed by atoms with Crippen molar-refractivity contribution in [2.75, 3.05) is 0 Å². The van der Waals surface area contributed by atoms with Gasteiger partial charge in [-0.15, -0.1) is 0 Å². The maximum Gasteiger partial charge on any atom is 0.311 e. The van der Waals surface area contributed by atoms with E-state index in [0.29, 0.717) is 12.8 Å². The molecule has 0 spiro atoms. The van der Waals surface area contributed by atoms with Gasteiger partial charge in [0.2, 0.25) is 0 Å². The predicted molar refractivity (Wildman–Crippen MR) is 245 cm³/mol. The van der Waals surface area contributed by atoms with Crippen molar-refractivity contribution in [2.45, 2.75) is 185 Å².